The molecule has 7 nitrogen and oxygen atoms in total. The number of ketones is 1. The highest BCUT2D eigenvalue weighted by Gasteiger charge is 2.82. The van der Waals surface area contributed by atoms with E-state index in [1.165, 1.54) is 12.1 Å². The van der Waals surface area contributed by atoms with Crippen LogP contribution in [0.4, 0.5) is 11.4 Å². The van der Waals surface area contributed by atoms with Crippen LogP contribution >= 0.6 is 34.8 Å². The SMILES string of the molecule is O=C1[C@@H]2[C@@H](C(=O)N1c1ccc(Cl)c([N+](=O)[O-])c1)[C@@]1(c3ccc(Cl)cc3)C(=O)[C@@]2(c2ccc(Cl)cc2)C(c2ccccc2)=C1c1ccccc1. The van der Waals surface area contributed by atoms with Crippen molar-refractivity contribution in [1.29, 1.82) is 0 Å². The maximum absolute atomic E-state index is 15.9. The van der Waals surface area contributed by atoms with Gasteiger partial charge in [-0.3, -0.25) is 24.5 Å². The summed E-state index contributed by atoms with van der Waals surface area (Å²) in [5.41, 5.74) is -0.163. The lowest BCUT2D eigenvalue weighted by atomic mass is 9.59. The van der Waals surface area contributed by atoms with E-state index < -0.39 is 45.1 Å². The number of halogens is 3. The van der Waals surface area contributed by atoms with Crippen molar-refractivity contribution >= 4 is 74.9 Å². The average molecular weight is 706 g/mol. The molecule has 5 aromatic carbocycles. The summed E-state index contributed by atoms with van der Waals surface area (Å²) in [6.45, 7) is 0. The van der Waals surface area contributed by atoms with Gasteiger partial charge < -0.3 is 0 Å². The van der Waals surface area contributed by atoms with Crippen molar-refractivity contribution < 1.29 is 19.3 Å². The lowest BCUT2D eigenvalue weighted by Crippen LogP contribution is -2.45. The molecule has 0 spiro atoms. The molecule has 2 fully saturated rings. The van der Waals surface area contributed by atoms with Crippen molar-refractivity contribution in [2.45, 2.75) is 10.8 Å². The van der Waals surface area contributed by atoms with Gasteiger partial charge in [-0.05, 0) is 69.8 Å². The highest BCUT2D eigenvalue weighted by molar-refractivity contribution is 6.39. The number of hydrogen-bond donors (Lipinski definition) is 0. The first-order valence-corrected chi connectivity index (χ1v) is 16.5. The fraction of sp³-hybridized carbons (Fsp3) is 0.103. The Bertz CT molecular complexity index is 2130. The second kappa shape index (κ2) is 11.2. The predicted octanol–water partition coefficient (Wildman–Crippen LogP) is 8.74. The van der Waals surface area contributed by atoms with Gasteiger partial charge >= 0.3 is 0 Å². The van der Waals surface area contributed by atoms with E-state index in [4.69, 9.17) is 34.8 Å². The zero-order chi connectivity index (χ0) is 34.2. The van der Waals surface area contributed by atoms with E-state index in [1.807, 2.05) is 60.7 Å². The summed E-state index contributed by atoms with van der Waals surface area (Å²) in [5, 5.41) is 12.6. The minimum absolute atomic E-state index is 0.00705. The Kier molecular flexibility index (Phi) is 7.16. The summed E-state index contributed by atoms with van der Waals surface area (Å²) >= 11 is 18.9. The minimum Gasteiger partial charge on any atom is -0.297 e. The highest BCUT2D eigenvalue weighted by atomic mass is 35.5. The fourth-order valence-corrected chi connectivity index (χ4v) is 8.83. The molecule has 3 aliphatic rings. The third kappa shape index (κ3) is 4.13. The summed E-state index contributed by atoms with van der Waals surface area (Å²) in [4.78, 5) is 58.3. The minimum atomic E-state index is -1.67. The lowest BCUT2D eigenvalue weighted by molar-refractivity contribution is -0.384. The first-order chi connectivity index (χ1) is 23.6. The van der Waals surface area contributed by atoms with E-state index in [0.29, 0.717) is 43.4 Å². The van der Waals surface area contributed by atoms with Crippen molar-refractivity contribution in [1.82, 2.24) is 0 Å². The van der Waals surface area contributed by atoms with Crippen molar-refractivity contribution in [3.8, 4) is 0 Å². The van der Waals surface area contributed by atoms with Gasteiger partial charge in [-0.15, -0.1) is 0 Å². The van der Waals surface area contributed by atoms with Gasteiger partial charge in [0.25, 0.3) is 5.69 Å². The molecule has 2 bridgehead atoms. The molecule has 10 heteroatoms. The van der Waals surface area contributed by atoms with Crippen LogP contribution in [-0.2, 0) is 25.2 Å². The van der Waals surface area contributed by atoms with E-state index in [2.05, 4.69) is 0 Å². The van der Waals surface area contributed by atoms with Crippen molar-refractivity contribution in [2.24, 2.45) is 11.8 Å². The summed E-state index contributed by atoms with van der Waals surface area (Å²) in [6, 6.07) is 36.2. The molecule has 0 unspecified atom stereocenters. The number of rotatable bonds is 6. The number of benzene rings is 5. The summed E-state index contributed by atoms with van der Waals surface area (Å²) < 4.78 is 0. The molecule has 1 aliphatic heterocycles. The molecule has 5 aromatic rings. The predicted molar refractivity (Wildman–Crippen MR) is 189 cm³/mol. The van der Waals surface area contributed by atoms with Crippen molar-refractivity contribution in [3.05, 3.63) is 175 Å². The smallest absolute Gasteiger partial charge is 0.289 e. The molecular weight excluding hydrogens is 683 g/mol. The van der Waals surface area contributed by atoms with Crippen LogP contribution in [0.15, 0.2) is 127 Å². The standard InChI is InChI=1S/C39H23Cl3N2O5/c40-26-15-11-24(12-16-26)38-31(22-7-3-1-4-8-22)32(23-9-5-2-6-10-23)39(37(38)47,25-13-17-27(41)18-14-25)34-33(38)35(45)43(36(34)46)28-19-20-29(42)30(21-28)44(48)49/h1-21,33-34H/t33-,34-,38-,39-/m0/s1. The molecule has 1 saturated carbocycles. The number of fused-ring (bicyclic) bond motifs is 5. The van der Waals surface area contributed by atoms with Gasteiger partial charge in [-0.2, -0.15) is 0 Å². The summed E-state index contributed by atoms with van der Waals surface area (Å²) in [7, 11) is 0. The zero-order valence-corrected chi connectivity index (χ0v) is 27.6. The molecule has 49 heavy (non-hydrogen) atoms. The van der Waals surface area contributed by atoms with Crippen LogP contribution in [0.1, 0.15) is 22.3 Å². The van der Waals surface area contributed by atoms with Gasteiger partial charge in [-0.25, -0.2) is 4.90 Å². The summed E-state index contributed by atoms with van der Waals surface area (Å²) in [6.07, 6.45) is 0. The van der Waals surface area contributed by atoms with Crippen LogP contribution in [-0.4, -0.2) is 22.5 Å². The number of anilines is 1. The molecule has 0 aromatic heterocycles. The highest BCUT2D eigenvalue weighted by Crippen LogP contribution is 2.74. The van der Waals surface area contributed by atoms with Crippen LogP contribution in [0.3, 0.4) is 0 Å². The number of allylic oxidation sites excluding steroid dienone is 2. The van der Waals surface area contributed by atoms with Gasteiger partial charge in [0.2, 0.25) is 11.8 Å². The van der Waals surface area contributed by atoms with Gasteiger partial charge in [0.05, 0.1) is 33.3 Å². The van der Waals surface area contributed by atoms with Crippen LogP contribution in [0.2, 0.25) is 15.1 Å². The zero-order valence-electron chi connectivity index (χ0n) is 25.3. The molecular formula is C39H23Cl3N2O5. The van der Waals surface area contributed by atoms with E-state index in [1.54, 1.807) is 48.5 Å². The Balaban J connectivity index is 1.53. The second-order valence-corrected chi connectivity index (χ2v) is 13.6. The second-order valence-electron chi connectivity index (χ2n) is 12.3. The fourth-order valence-electron chi connectivity index (χ4n) is 8.39. The maximum atomic E-state index is 15.9. The van der Waals surface area contributed by atoms with E-state index >= 15 is 14.4 Å². The molecule has 2 aliphatic carbocycles. The monoisotopic (exact) mass is 704 g/mol. The number of nitro groups is 1. The van der Waals surface area contributed by atoms with Gasteiger partial charge in [0.1, 0.15) is 5.02 Å². The molecule has 8 rings (SSSR count). The van der Waals surface area contributed by atoms with Gasteiger partial charge in [0.15, 0.2) is 5.78 Å². The first-order valence-electron chi connectivity index (χ1n) is 15.4. The van der Waals surface area contributed by atoms with Crippen LogP contribution in [0.25, 0.3) is 11.1 Å². The lowest BCUT2D eigenvalue weighted by Gasteiger charge is -2.39. The van der Waals surface area contributed by atoms with E-state index in [-0.39, 0.29) is 16.5 Å². The average Bonchev–Trinajstić information content (AvgIpc) is 3.62. The molecule has 0 N–H and O–H groups in total. The van der Waals surface area contributed by atoms with Crippen LogP contribution < -0.4 is 4.90 Å². The number of hydrogen-bond acceptors (Lipinski definition) is 5. The molecule has 0 radical (unpaired) electrons. The third-order valence-corrected chi connectivity index (χ3v) is 10.9. The largest absolute Gasteiger partial charge is 0.297 e. The number of Topliss-reactive ketones (excluding diaryl/α,β-unsaturated/α-hetero) is 1. The van der Waals surface area contributed by atoms with E-state index in [9.17, 15) is 10.1 Å². The Hall–Kier alpha value is -5.08. The number of amides is 2. The molecule has 1 heterocycles. The number of nitrogens with zero attached hydrogens (tertiary/aromatic N) is 2. The normalized spacial score (nSPS) is 24.1. The van der Waals surface area contributed by atoms with Crippen LogP contribution in [0, 0.1) is 22.0 Å². The van der Waals surface area contributed by atoms with Crippen molar-refractivity contribution in [3.63, 3.8) is 0 Å². The van der Waals surface area contributed by atoms with E-state index in [0.717, 1.165) is 11.0 Å². The van der Waals surface area contributed by atoms with Gasteiger partial charge in [0, 0.05) is 16.1 Å². The topological polar surface area (TPSA) is 97.6 Å². The van der Waals surface area contributed by atoms with Gasteiger partial charge in [-0.1, -0.05) is 120 Å². The third-order valence-electron chi connectivity index (χ3n) is 10.1. The Morgan fingerprint density at radius 1 is 0.592 bits per heavy atom. The Morgan fingerprint density at radius 2 is 1.02 bits per heavy atom. The quantitative estimate of drug-likeness (QED) is 0.100. The first kappa shape index (κ1) is 31.2. The maximum Gasteiger partial charge on any atom is 0.289 e. The van der Waals surface area contributed by atoms with Crippen LogP contribution in [0.5, 0.6) is 0 Å². The molecule has 1 saturated heterocycles. The molecule has 4 atom stereocenters. The molecule has 240 valence electrons. The molecule has 2 amide bonds. The Labute approximate surface area is 295 Å². The number of imide groups is 1. The number of carbonyl (C=O) groups excluding carboxylic acids is 3. The summed E-state index contributed by atoms with van der Waals surface area (Å²) in [5.74, 6) is -4.05. The number of nitro benzene ring substituents is 1. The van der Waals surface area contributed by atoms with Crippen molar-refractivity contribution in [2.75, 3.05) is 4.90 Å². The number of carbonyl (C=O) groups is 3. The Morgan fingerprint density at radius 3 is 1.43 bits per heavy atom.